The van der Waals surface area contributed by atoms with E-state index in [0.29, 0.717) is 39.4 Å². The molecular weight excluding hydrogens is 356 g/mol. The highest BCUT2D eigenvalue weighted by Crippen LogP contribution is 2.28. The van der Waals surface area contributed by atoms with Crippen LogP contribution >= 0.6 is 0 Å². The lowest BCUT2D eigenvalue weighted by molar-refractivity contribution is -0.123. The molecule has 28 heavy (non-hydrogen) atoms. The van der Waals surface area contributed by atoms with Crippen LogP contribution in [-0.2, 0) is 16.0 Å². The molecule has 1 unspecified atom stereocenters. The number of hydrogen-bond donors (Lipinski definition) is 0. The van der Waals surface area contributed by atoms with E-state index in [-0.39, 0.29) is 18.0 Å². The van der Waals surface area contributed by atoms with Crippen molar-refractivity contribution in [2.45, 2.75) is 25.8 Å². The summed E-state index contributed by atoms with van der Waals surface area (Å²) in [7, 11) is 0. The molecule has 3 aliphatic heterocycles. The molecule has 7 nitrogen and oxygen atoms in total. The minimum absolute atomic E-state index is 0.104. The molecule has 0 N–H and O–H groups in total. The van der Waals surface area contributed by atoms with E-state index < -0.39 is 0 Å². The zero-order valence-corrected chi connectivity index (χ0v) is 16.7. The van der Waals surface area contributed by atoms with E-state index in [9.17, 15) is 9.59 Å². The van der Waals surface area contributed by atoms with Crippen LogP contribution in [0, 0.1) is 0 Å². The van der Waals surface area contributed by atoms with Gasteiger partial charge in [0.15, 0.2) is 0 Å². The van der Waals surface area contributed by atoms with E-state index in [2.05, 4.69) is 17.0 Å². The van der Waals surface area contributed by atoms with Crippen molar-refractivity contribution in [2.75, 3.05) is 63.9 Å². The number of amides is 3. The average molecular weight is 386 g/mol. The Morgan fingerprint density at radius 3 is 2.36 bits per heavy atom. The van der Waals surface area contributed by atoms with Crippen molar-refractivity contribution >= 4 is 17.6 Å². The van der Waals surface area contributed by atoms with Crippen molar-refractivity contribution in [3.05, 3.63) is 29.8 Å². The van der Waals surface area contributed by atoms with Crippen molar-refractivity contribution in [3.63, 3.8) is 0 Å². The van der Waals surface area contributed by atoms with Gasteiger partial charge in [0.1, 0.15) is 0 Å². The fraction of sp³-hybridized carbons (Fsp3) is 0.619. The number of carbonyl (C=O) groups is 2. The van der Waals surface area contributed by atoms with Crippen molar-refractivity contribution in [1.29, 1.82) is 0 Å². The topological polar surface area (TPSA) is 56.3 Å². The highest BCUT2D eigenvalue weighted by atomic mass is 16.5. The van der Waals surface area contributed by atoms with Gasteiger partial charge >= 0.3 is 6.03 Å². The molecule has 1 atom stereocenters. The first-order valence-corrected chi connectivity index (χ1v) is 10.4. The van der Waals surface area contributed by atoms with Crippen LogP contribution in [-0.4, -0.2) is 91.7 Å². The Kier molecular flexibility index (Phi) is 5.82. The molecule has 1 aromatic rings. The van der Waals surface area contributed by atoms with Gasteiger partial charge < -0.3 is 19.4 Å². The first-order valence-electron chi connectivity index (χ1n) is 10.4. The summed E-state index contributed by atoms with van der Waals surface area (Å²) in [6.07, 6.45) is 2.05. The van der Waals surface area contributed by atoms with Crippen LogP contribution in [0.4, 0.5) is 10.5 Å². The number of aryl methyl sites for hydroxylation is 1. The van der Waals surface area contributed by atoms with Crippen LogP contribution in [0.25, 0.3) is 0 Å². The molecule has 0 bridgehead atoms. The van der Waals surface area contributed by atoms with Gasteiger partial charge in [-0.05, 0) is 31.4 Å². The number of nitrogens with zero attached hydrogens (tertiary/aromatic N) is 4. The number of benzene rings is 1. The second-order valence-electron chi connectivity index (χ2n) is 7.80. The zero-order chi connectivity index (χ0) is 19.5. The summed E-state index contributed by atoms with van der Waals surface area (Å²) in [5.41, 5.74) is 2.32. The second-order valence-corrected chi connectivity index (χ2v) is 7.80. The van der Waals surface area contributed by atoms with Gasteiger partial charge in [0.25, 0.3) is 0 Å². The minimum atomic E-state index is -0.174. The summed E-state index contributed by atoms with van der Waals surface area (Å²) in [5, 5.41) is 0. The van der Waals surface area contributed by atoms with Gasteiger partial charge in [-0.2, -0.15) is 0 Å². The van der Waals surface area contributed by atoms with Crippen LogP contribution in [0.15, 0.2) is 24.3 Å². The molecule has 0 aromatic heterocycles. The largest absolute Gasteiger partial charge is 0.378 e. The third-order valence-corrected chi connectivity index (χ3v) is 6.15. The summed E-state index contributed by atoms with van der Waals surface area (Å²) >= 11 is 0. The number of anilines is 1. The Labute approximate surface area is 166 Å². The van der Waals surface area contributed by atoms with Crippen molar-refractivity contribution in [1.82, 2.24) is 14.7 Å². The van der Waals surface area contributed by atoms with Gasteiger partial charge in [0.2, 0.25) is 5.91 Å². The van der Waals surface area contributed by atoms with Crippen molar-refractivity contribution in [2.24, 2.45) is 0 Å². The molecule has 7 heteroatoms. The van der Waals surface area contributed by atoms with Crippen LogP contribution < -0.4 is 4.90 Å². The monoisotopic (exact) mass is 386 g/mol. The van der Waals surface area contributed by atoms with Crippen LogP contribution in [0.5, 0.6) is 0 Å². The SMILES string of the molecule is CC(C(=O)N1CCCc2ccccc21)N1CCN(C(=O)N2CCOCC2)CC1. The normalized spacial score (nSPS) is 22.0. The maximum Gasteiger partial charge on any atom is 0.320 e. The molecule has 0 spiro atoms. The Hall–Kier alpha value is -2.12. The number of piperazine rings is 1. The first kappa shape index (κ1) is 19.2. The van der Waals surface area contributed by atoms with Gasteiger partial charge in [-0.25, -0.2) is 4.79 Å². The molecule has 152 valence electrons. The lowest BCUT2D eigenvalue weighted by atomic mass is 10.0. The maximum atomic E-state index is 13.2. The smallest absolute Gasteiger partial charge is 0.320 e. The summed E-state index contributed by atoms with van der Waals surface area (Å²) in [5.74, 6) is 0.167. The predicted octanol–water partition coefficient (Wildman–Crippen LogP) is 1.42. The van der Waals surface area contributed by atoms with Gasteiger partial charge in [0.05, 0.1) is 19.3 Å². The molecule has 0 saturated carbocycles. The number of carbonyl (C=O) groups excluding carboxylic acids is 2. The summed E-state index contributed by atoms with van der Waals surface area (Å²) in [6.45, 7) is 8.17. The predicted molar refractivity (Wildman–Crippen MR) is 108 cm³/mol. The molecule has 0 aliphatic carbocycles. The molecule has 3 heterocycles. The molecule has 4 rings (SSSR count). The van der Waals surface area contributed by atoms with E-state index in [1.165, 1.54) is 5.56 Å². The summed E-state index contributed by atoms with van der Waals surface area (Å²) in [4.78, 5) is 33.8. The fourth-order valence-electron chi connectivity index (χ4n) is 4.40. The molecule has 3 aliphatic rings. The van der Waals surface area contributed by atoms with Crippen LogP contribution in [0.3, 0.4) is 0 Å². The number of para-hydroxylation sites is 1. The Morgan fingerprint density at radius 1 is 0.929 bits per heavy atom. The highest BCUT2D eigenvalue weighted by molar-refractivity contribution is 5.98. The molecule has 1 aromatic carbocycles. The molecule has 0 radical (unpaired) electrons. The van der Waals surface area contributed by atoms with Crippen molar-refractivity contribution in [3.8, 4) is 0 Å². The number of morpholine rings is 1. The second kappa shape index (κ2) is 8.49. The Morgan fingerprint density at radius 2 is 1.61 bits per heavy atom. The molecule has 2 fully saturated rings. The van der Waals surface area contributed by atoms with Crippen molar-refractivity contribution < 1.29 is 14.3 Å². The lowest BCUT2D eigenvalue weighted by Crippen LogP contribution is -2.58. The van der Waals surface area contributed by atoms with Gasteiger partial charge in [-0.3, -0.25) is 9.69 Å². The minimum Gasteiger partial charge on any atom is -0.378 e. The lowest BCUT2D eigenvalue weighted by Gasteiger charge is -2.41. The third kappa shape index (κ3) is 3.86. The molecule has 2 saturated heterocycles. The number of fused-ring (bicyclic) bond motifs is 1. The summed E-state index contributed by atoms with van der Waals surface area (Å²) in [6, 6.07) is 8.15. The van der Waals surface area contributed by atoms with E-state index in [0.717, 1.165) is 38.2 Å². The van der Waals surface area contributed by atoms with E-state index in [1.807, 2.05) is 33.8 Å². The number of urea groups is 1. The molecule has 3 amide bonds. The third-order valence-electron chi connectivity index (χ3n) is 6.15. The zero-order valence-electron chi connectivity index (χ0n) is 16.7. The fourth-order valence-corrected chi connectivity index (χ4v) is 4.40. The molecular formula is C21H30N4O3. The quantitative estimate of drug-likeness (QED) is 0.772. The van der Waals surface area contributed by atoms with Gasteiger partial charge in [-0.15, -0.1) is 0 Å². The van der Waals surface area contributed by atoms with Crippen LogP contribution in [0.1, 0.15) is 18.9 Å². The Bertz CT molecular complexity index is 711. The summed E-state index contributed by atoms with van der Waals surface area (Å²) < 4.78 is 5.33. The Balaban J connectivity index is 1.34. The number of ether oxygens (including phenoxy) is 1. The average Bonchev–Trinajstić information content (AvgIpc) is 2.78. The van der Waals surface area contributed by atoms with Gasteiger partial charge in [0, 0.05) is 51.5 Å². The maximum absolute atomic E-state index is 13.2. The first-order chi connectivity index (χ1) is 13.6. The van der Waals surface area contributed by atoms with E-state index >= 15 is 0 Å². The highest BCUT2D eigenvalue weighted by Gasteiger charge is 2.33. The van der Waals surface area contributed by atoms with E-state index in [1.54, 1.807) is 0 Å². The number of hydrogen-bond acceptors (Lipinski definition) is 4. The van der Waals surface area contributed by atoms with E-state index in [4.69, 9.17) is 4.74 Å². The standard InChI is InChI=1S/C21H30N4O3/c1-17(20(26)25-8-4-6-18-5-2-3-7-19(18)25)22-9-11-23(12-10-22)21(27)24-13-15-28-16-14-24/h2-3,5,7,17H,4,6,8-16H2,1H3. The van der Waals surface area contributed by atoms with Gasteiger partial charge in [-0.1, -0.05) is 18.2 Å². The number of rotatable bonds is 2. The van der Waals surface area contributed by atoms with Crippen LogP contribution in [0.2, 0.25) is 0 Å².